The van der Waals surface area contributed by atoms with Crippen LogP contribution in [0.15, 0.2) is 54.6 Å². The van der Waals surface area contributed by atoms with Crippen molar-refractivity contribution in [3.05, 3.63) is 77.1 Å². The summed E-state index contributed by atoms with van der Waals surface area (Å²) in [5, 5.41) is 2.99. The lowest BCUT2D eigenvalue weighted by atomic mass is 10.0. The fourth-order valence-corrected chi connectivity index (χ4v) is 4.66. The molecule has 4 rings (SSSR count). The van der Waals surface area contributed by atoms with Crippen LogP contribution >= 0.6 is 0 Å². The summed E-state index contributed by atoms with van der Waals surface area (Å²) in [6.45, 7) is 7.98. The molecular formula is C31H37N3O5. The van der Waals surface area contributed by atoms with Crippen LogP contribution in [0.1, 0.15) is 47.1 Å². The molecule has 1 heterocycles. The minimum Gasteiger partial charge on any atom is -0.493 e. The van der Waals surface area contributed by atoms with Crippen molar-refractivity contribution in [3.8, 4) is 23.0 Å². The number of hydrogen-bond donors (Lipinski definition) is 1. The average Bonchev–Trinajstić information content (AvgIpc) is 3.29. The van der Waals surface area contributed by atoms with Crippen LogP contribution < -0.4 is 24.3 Å². The van der Waals surface area contributed by atoms with Crippen LogP contribution in [0.3, 0.4) is 0 Å². The lowest BCUT2D eigenvalue weighted by molar-refractivity contribution is 0.0953. The van der Waals surface area contributed by atoms with E-state index >= 15 is 0 Å². The summed E-state index contributed by atoms with van der Waals surface area (Å²) in [6.07, 6.45) is 0.562. The maximum Gasteiger partial charge on any atom is 0.251 e. The van der Waals surface area contributed by atoms with Crippen molar-refractivity contribution in [2.24, 2.45) is 0 Å². The van der Waals surface area contributed by atoms with Crippen molar-refractivity contribution in [1.82, 2.24) is 14.9 Å². The van der Waals surface area contributed by atoms with Gasteiger partial charge in [-0.05, 0) is 54.3 Å². The monoisotopic (exact) mass is 531 g/mol. The third kappa shape index (κ3) is 6.28. The van der Waals surface area contributed by atoms with E-state index in [1.54, 1.807) is 12.1 Å². The highest BCUT2D eigenvalue weighted by Crippen LogP contribution is 2.38. The van der Waals surface area contributed by atoms with E-state index < -0.39 is 0 Å². The van der Waals surface area contributed by atoms with E-state index in [0.29, 0.717) is 54.8 Å². The first-order valence-corrected chi connectivity index (χ1v) is 13.1. The number of carbonyl (C=O) groups is 1. The van der Waals surface area contributed by atoms with Crippen molar-refractivity contribution >= 4 is 16.9 Å². The molecule has 0 saturated heterocycles. The lowest BCUT2D eigenvalue weighted by Crippen LogP contribution is -2.27. The molecule has 1 N–H and O–H groups in total. The molecule has 0 aliphatic carbocycles. The molecule has 39 heavy (non-hydrogen) atoms. The van der Waals surface area contributed by atoms with Gasteiger partial charge in [0.05, 0.1) is 38.9 Å². The van der Waals surface area contributed by atoms with Crippen molar-refractivity contribution in [2.45, 2.75) is 39.7 Å². The van der Waals surface area contributed by atoms with Gasteiger partial charge in [-0.1, -0.05) is 38.1 Å². The maximum absolute atomic E-state index is 13.0. The van der Waals surface area contributed by atoms with Crippen LogP contribution in [0.25, 0.3) is 11.0 Å². The Balaban J connectivity index is 1.47. The largest absolute Gasteiger partial charge is 0.493 e. The van der Waals surface area contributed by atoms with Gasteiger partial charge in [0, 0.05) is 18.5 Å². The topological polar surface area (TPSA) is 83.8 Å². The first-order chi connectivity index (χ1) is 18.9. The van der Waals surface area contributed by atoms with E-state index in [1.807, 2.05) is 18.2 Å². The standard InChI is InChI=1S/C31H37N3O5/c1-20(2)23-12-11-21(3)17-26(23)39-16-15-34-25-10-8-7-9-24(25)33-29(34)13-14-32-31(35)22-18-27(36-4)30(38-6)28(19-22)37-5/h7-12,17-20H,13-16H2,1-6H3,(H,32,35). The van der Waals surface area contributed by atoms with Crippen LogP contribution in [0.5, 0.6) is 23.0 Å². The van der Waals surface area contributed by atoms with Gasteiger partial charge in [0.2, 0.25) is 5.75 Å². The fraction of sp³-hybridized carbons (Fsp3) is 0.355. The number of nitrogens with zero attached hydrogens (tertiary/aromatic N) is 2. The number of amides is 1. The zero-order valence-electron chi connectivity index (χ0n) is 23.5. The summed E-state index contributed by atoms with van der Waals surface area (Å²) < 4.78 is 24.6. The number of carbonyl (C=O) groups excluding carboxylic acids is 1. The quantitative estimate of drug-likeness (QED) is 0.258. The Hall–Kier alpha value is -4.20. The van der Waals surface area contributed by atoms with Crippen LogP contribution in [0.4, 0.5) is 0 Å². The number of aryl methyl sites for hydroxylation is 1. The van der Waals surface area contributed by atoms with Gasteiger partial charge in [-0.3, -0.25) is 4.79 Å². The minimum absolute atomic E-state index is 0.235. The summed E-state index contributed by atoms with van der Waals surface area (Å²) in [5.74, 6) is 3.25. The van der Waals surface area contributed by atoms with Gasteiger partial charge in [-0.25, -0.2) is 4.98 Å². The van der Waals surface area contributed by atoms with E-state index in [-0.39, 0.29) is 5.91 Å². The van der Waals surface area contributed by atoms with E-state index in [1.165, 1.54) is 32.5 Å². The molecule has 206 valence electrons. The van der Waals surface area contributed by atoms with E-state index in [2.05, 4.69) is 54.9 Å². The number of aromatic nitrogens is 2. The summed E-state index contributed by atoms with van der Waals surface area (Å²) in [5.41, 5.74) is 4.75. The molecule has 0 aliphatic heterocycles. The predicted octanol–water partition coefficient (Wildman–Crippen LogP) is 5.55. The number of nitrogens with one attached hydrogen (secondary N) is 1. The number of methoxy groups -OCH3 is 3. The Morgan fingerprint density at radius 3 is 2.33 bits per heavy atom. The van der Waals surface area contributed by atoms with Crippen LogP contribution in [0, 0.1) is 6.92 Å². The number of hydrogen-bond acceptors (Lipinski definition) is 6. The molecule has 0 atom stereocenters. The Morgan fingerprint density at radius 2 is 1.67 bits per heavy atom. The van der Waals surface area contributed by atoms with Gasteiger partial charge in [-0.2, -0.15) is 0 Å². The molecule has 4 aromatic rings. The third-order valence-corrected chi connectivity index (χ3v) is 6.66. The second-order valence-electron chi connectivity index (χ2n) is 9.63. The molecule has 0 aliphatic rings. The highest BCUT2D eigenvalue weighted by molar-refractivity contribution is 5.95. The molecule has 1 aromatic heterocycles. The number of ether oxygens (including phenoxy) is 4. The number of imidazole rings is 1. The van der Waals surface area contributed by atoms with Crippen molar-refractivity contribution in [2.75, 3.05) is 34.5 Å². The molecule has 0 spiro atoms. The number of benzene rings is 3. The highest BCUT2D eigenvalue weighted by Gasteiger charge is 2.18. The van der Waals surface area contributed by atoms with E-state index in [9.17, 15) is 4.79 Å². The molecule has 3 aromatic carbocycles. The second kappa shape index (κ2) is 12.6. The SMILES string of the molecule is COc1cc(C(=O)NCCc2nc3ccccc3n2CCOc2cc(C)ccc2C(C)C)cc(OC)c1OC. The summed E-state index contributed by atoms with van der Waals surface area (Å²) >= 11 is 0. The van der Waals surface area contributed by atoms with Crippen molar-refractivity contribution < 1.29 is 23.7 Å². The number of rotatable bonds is 12. The molecule has 1 amide bonds. The average molecular weight is 532 g/mol. The summed E-state index contributed by atoms with van der Waals surface area (Å²) in [7, 11) is 4.58. The molecule has 0 radical (unpaired) electrons. The van der Waals surface area contributed by atoms with Gasteiger partial charge in [0.1, 0.15) is 18.2 Å². The number of para-hydroxylation sites is 2. The van der Waals surface area contributed by atoms with Crippen LogP contribution in [0.2, 0.25) is 0 Å². The fourth-order valence-electron chi connectivity index (χ4n) is 4.66. The first kappa shape index (κ1) is 27.8. The molecular weight excluding hydrogens is 494 g/mol. The van der Waals surface area contributed by atoms with E-state index in [0.717, 1.165) is 22.6 Å². The number of fused-ring (bicyclic) bond motifs is 1. The molecule has 0 unspecified atom stereocenters. The molecule has 0 saturated carbocycles. The van der Waals surface area contributed by atoms with Crippen LogP contribution in [-0.2, 0) is 13.0 Å². The van der Waals surface area contributed by atoms with Crippen molar-refractivity contribution in [3.63, 3.8) is 0 Å². The second-order valence-corrected chi connectivity index (χ2v) is 9.63. The molecule has 8 nitrogen and oxygen atoms in total. The highest BCUT2D eigenvalue weighted by atomic mass is 16.5. The normalized spacial score (nSPS) is 11.1. The lowest BCUT2D eigenvalue weighted by Gasteiger charge is -2.16. The Bertz CT molecular complexity index is 1420. The smallest absolute Gasteiger partial charge is 0.251 e. The maximum atomic E-state index is 13.0. The van der Waals surface area contributed by atoms with Gasteiger partial charge < -0.3 is 28.8 Å². The molecule has 0 fully saturated rings. The Labute approximate surface area is 229 Å². The van der Waals surface area contributed by atoms with Gasteiger partial charge in [0.25, 0.3) is 5.91 Å². The van der Waals surface area contributed by atoms with E-state index in [4.69, 9.17) is 23.9 Å². The van der Waals surface area contributed by atoms with Gasteiger partial charge in [-0.15, -0.1) is 0 Å². The summed E-state index contributed by atoms with van der Waals surface area (Å²) in [4.78, 5) is 17.8. The Kier molecular flexibility index (Phi) is 8.96. The minimum atomic E-state index is -0.235. The van der Waals surface area contributed by atoms with Gasteiger partial charge in [0.15, 0.2) is 11.5 Å². The predicted molar refractivity (Wildman–Crippen MR) is 153 cm³/mol. The first-order valence-electron chi connectivity index (χ1n) is 13.1. The zero-order valence-corrected chi connectivity index (χ0v) is 23.5. The molecule has 0 bridgehead atoms. The van der Waals surface area contributed by atoms with Gasteiger partial charge >= 0.3 is 0 Å². The van der Waals surface area contributed by atoms with Crippen molar-refractivity contribution in [1.29, 1.82) is 0 Å². The Morgan fingerprint density at radius 1 is 0.949 bits per heavy atom. The van der Waals surface area contributed by atoms with Crippen LogP contribution in [-0.4, -0.2) is 49.9 Å². The summed E-state index contributed by atoms with van der Waals surface area (Å²) in [6, 6.07) is 17.7. The third-order valence-electron chi connectivity index (χ3n) is 6.66. The zero-order chi connectivity index (χ0) is 27.9. The molecule has 8 heteroatoms.